The molecular formula is C20H33N5O. The van der Waals surface area contributed by atoms with E-state index in [1.165, 1.54) is 25.2 Å². The van der Waals surface area contributed by atoms with Crippen LogP contribution in [0.4, 0.5) is 5.69 Å². The van der Waals surface area contributed by atoms with E-state index in [4.69, 9.17) is 9.73 Å². The number of nitrogens with zero attached hydrogens (tertiary/aromatic N) is 4. The summed E-state index contributed by atoms with van der Waals surface area (Å²) in [6.07, 6.45) is 1.27. The van der Waals surface area contributed by atoms with Gasteiger partial charge in [0.2, 0.25) is 0 Å². The predicted molar refractivity (Wildman–Crippen MR) is 108 cm³/mol. The summed E-state index contributed by atoms with van der Waals surface area (Å²) in [7, 11) is 3.91. The molecule has 3 rings (SSSR count). The SMILES string of the molecule is CCNC(=NCC1CCN(C)C1)N1CCN(c2ccc(OC)cc2)CC1. The molecule has 6 nitrogen and oxygen atoms in total. The van der Waals surface area contributed by atoms with Crippen LogP contribution in [-0.2, 0) is 0 Å². The molecule has 1 aromatic rings. The first-order chi connectivity index (χ1) is 12.7. The highest BCUT2D eigenvalue weighted by atomic mass is 16.5. The van der Waals surface area contributed by atoms with E-state index in [2.05, 4.69) is 46.1 Å². The molecular weight excluding hydrogens is 326 g/mol. The number of hydrogen-bond donors (Lipinski definition) is 1. The molecule has 2 saturated heterocycles. The van der Waals surface area contributed by atoms with Crippen molar-refractivity contribution in [2.24, 2.45) is 10.9 Å². The highest BCUT2D eigenvalue weighted by Gasteiger charge is 2.22. The number of nitrogens with one attached hydrogen (secondary N) is 1. The van der Waals surface area contributed by atoms with Gasteiger partial charge < -0.3 is 24.8 Å². The second kappa shape index (κ2) is 9.12. The minimum absolute atomic E-state index is 0.703. The molecule has 26 heavy (non-hydrogen) atoms. The van der Waals surface area contributed by atoms with Crippen molar-refractivity contribution in [1.82, 2.24) is 15.1 Å². The van der Waals surface area contributed by atoms with Gasteiger partial charge in [-0.2, -0.15) is 0 Å². The Labute approximate surface area is 157 Å². The molecule has 2 aliphatic rings. The van der Waals surface area contributed by atoms with Gasteiger partial charge in [0.1, 0.15) is 5.75 Å². The highest BCUT2D eigenvalue weighted by molar-refractivity contribution is 5.80. The third-order valence-electron chi connectivity index (χ3n) is 5.34. The van der Waals surface area contributed by atoms with Gasteiger partial charge in [0.25, 0.3) is 0 Å². The first kappa shape index (κ1) is 18.8. The number of methoxy groups -OCH3 is 1. The zero-order valence-electron chi connectivity index (χ0n) is 16.4. The minimum atomic E-state index is 0.703. The maximum absolute atomic E-state index is 5.25. The van der Waals surface area contributed by atoms with Gasteiger partial charge in [-0.1, -0.05) is 0 Å². The Hall–Kier alpha value is -1.95. The number of aliphatic imine (C=N–C) groups is 1. The number of benzene rings is 1. The van der Waals surface area contributed by atoms with Crippen LogP contribution in [0.15, 0.2) is 29.3 Å². The summed E-state index contributed by atoms with van der Waals surface area (Å²) in [5, 5.41) is 3.48. The first-order valence-electron chi connectivity index (χ1n) is 9.80. The zero-order chi connectivity index (χ0) is 18.4. The lowest BCUT2D eigenvalue weighted by atomic mass is 10.1. The van der Waals surface area contributed by atoms with Crippen molar-refractivity contribution in [3.8, 4) is 5.75 Å². The van der Waals surface area contributed by atoms with Crippen LogP contribution >= 0.6 is 0 Å². The standard InChI is InChI=1S/C20H33N5O/c1-4-21-20(22-15-17-9-10-23(2)16-17)25-13-11-24(12-14-25)18-5-7-19(26-3)8-6-18/h5-8,17H,4,9-16H2,1-3H3,(H,21,22). The summed E-state index contributed by atoms with van der Waals surface area (Å²) in [6, 6.07) is 8.35. The summed E-state index contributed by atoms with van der Waals surface area (Å²) in [5.74, 6) is 2.69. The maximum atomic E-state index is 5.25. The van der Waals surface area contributed by atoms with Crippen LogP contribution in [-0.4, -0.2) is 82.3 Å². The second-order valence-corrected chi connectivity index (χ2v) is 7.28. The van der Waals surface area contributed by atoms with Crippen molar-refractivity contribution in [2.45, 2.75) is 13.3 Å². The Balaban J connectivity index is 1.55. The van der Waals surface area contributed by atoms with Crippen molar-refractivity contribution in [3.05, 3.63) is 24.3 Å². The summed E-state index contributed by atoms with van der Waals surface area (Å²) < 4.78 is 5.25. The van der Waals surface area contributed by atoms with Crippen molar-refractivity contribution < 1.29 is 4.74 Å². The van der Waals surface area contributed by atoms with Gasteiger partial charge in [-0.3, -0.25) is 4.99 Å². The van der Waals surface area contributed by atoms with Gasteiger partial charge in [0.05, 0.1) is 7.11 Å². The van der Waals surface area contributed by atoms with E-state index in [0.717, 1.165) is 51.0 Å². The van der Waals surface area contributed by atoms with E-state index >= 15 is 0 Å². The maximum Gasteiger partial charge on any atom is 0.194 e. The third kappa shape index (κ3) is 4.81. The largest absolute Gasteiger partial charge is 0.497 e. The van der Waals surface area contributed by atoms with E-state index in [0.29, 0.717) is 5.92 Å². The third-order valence-corrected chi connectivity index (χ3v) is 5.34. The Bertz CT molecular complexity index is 580. The minimum Gasteiger partial charge on any atom is -0.497 e. The Morgan fingerprint density at radius 2 is 1.88 bits per heavy atom. The molecule has 1 N–H and O–H groups in total. The van der Waals surface area contributed by atoms with Crippen LogP contribution in [0.2, 0.25) is 0 Å². The summed E-state index contributed by atoms with van der Waals surface area (Å²) in [5.41, 5.74) is 1.27. The van der Waals surface area contributed by atoms with Gasteiger partial charge in [0.15, 0.2) is 5.96 Å². The highest BCUT2D eigenvalue weighted by Crippen LogP contribution is 2.20. The number of guanidine groups is 1. The molecule has 0 spiro atoms. The van der Waals surface area contributed by atoms with Crippen LogP contribution in [0.25, 0.3) is 0 Å². The Kier molecular flexibility index (Phi) is 6.61. The molecule has 1 aromatic carbocycles. The van der Waals surface area contributed by atoms with E-state index in [9.17, 15) is 0 Å². The van der Waals surface area contributed by atoms with E-state index < -0.39 is 0 Å². The number of rotatable bonds is 5. The Morgan fingerprint density at radius 3 is 2.46 bits per heavy atom. The van der Waals surface area contributed by atoms with Gasteiger partial charge in [-0.05, 0) is 57.1 Å². The average molecular weight is 360 g/mol. The lowest BCUT2D eigenvalue weighted by molar-refractivity contribution is 0.369. The van der Waals surface area contributed by atoms with Crippen LogP contribution in [0, 0.1) is 5.92 Å². The van der Waals surface area contributed by atoms with Crippen LogP contribution in [0.3, 0.4) is 0 Å². The lowest BCUT2D eigenvalue weighted by Gasteiger charge is -2.37. The number of piperazine rings is 1. The molecule has 0 radical (unpaired) electrons. The molecule has 2 fully saturated rings. The second-order valence-electron chi connectivity index (χ2n) is 7.28. The van der Waals surface area contributed by atoms with Crippen molar-refractivity contribution >= 4 is 11.6 Å². The van der Waals surface area contributed by atoms with E-state index in [-0.39, 0.29) is 0 Å². The van der Waals surface area contributed by atoms with Gasteiger partial charge in [-0.25, -0.2) is 0 Å². The molecule has 144 valence electrons. The molecule has 0 aromatic heterocycles. The van der Waals surface area contributed by atoms with Crippen molar-refractivity contribution in [2.75, 3.05) is 71.4 Å². The summed E-state index contributed by atoms with van der Waals surface area (Å²) >= 11 is 0. The van der Waals surface area contributed by atoms with Crippen molar-refractivity contribution in [3.63, 3.8) is 0 Å². The molecule has 1 unspecified atom stereocenters. The van der Waals surface area contributed by atoms with Gasteiger partial charge in [0, 0.05) is 51.5 Å². The molecule has 1 atom stereocenters. The molecule has 0 saturated carbocycles. The number of hydrogen-bond acceptors (Lipinski definition) is 4. The average Bonchev–Trinajstić information content (AvgIpc) is 3.10. The smallest absolute Gasteiger partial charge is 0.194 e. The molecule has 2 heterocycles. The van der Waals surface area contributed by atoms with Crippen LogP contribution in [0.1, 0.15) is 13.3 Å². The number of ether oxygens (including phenoxy) is 1. The molecule has 0 amide bonds. The fraction of sp³-hybridized carbons (Fsp3) is 0.650. The molecule has 2 aliphatic heterocycles. The van der Waals surface area contributed by atoms with E-state index in [1.807, 2.05) is 12.1 Å². The monoisotopic (exact) mass is 359 g/mol. The quantitative estimate of drug-likeness (QED) is 0.641. The fourth-order valence-electron chi connectivity index (χ4n) is 3.79. The molecule has 0 aliphatic carbocycles. The molecule has 6 heteroatoms. The first-order valence-corrected chi connectivity index (χ1v) is 9.80. The van der Waals surface area contributed by atoms with Gasteiger partial charge >= 0.3 is 0 Å². The normalized spacial score (nSPS) is 22.0. The predicted octanol–water partition coefficient (Wildman–Crippen LogP) is 1.73. The van der Waals surface area contributed by atoms with E-state index in [1.54, 1.807) is 7.11 Å². The summed E-state index contributed by atoms with van der Waals surface area (Å²) in [4.78, 5) is 12.2. The summed E-state index contributed by atoms with van der Waals surface area (Å²) in [6.45, 7) is 10.4. The van der Waals surface area contributed by atoms with Gasteiger partial charge in [-0.15, -0.1) is 0 Å². The zero-order valence-corrected chi connectivity index (χ0v) is 16.4. The number of likely N-dealkylation sites (tertiary alicyclic amines) is 1. The van der Waals surface area contributed by atoms with Crippen LogP contribution < -0.4 is 15.0 Å². The number of anilines is 1. The van der Waals surface area contributed by atoms with Crippen LogP contribution in [0.5, 0.6) is 5.75 Å². The van der Waals surface area contributed by atoms with Crippen molar-refractivity contribution in [1.29, 1.82) is 0 Å². The topological polar surface area (TPSA) is 43.3 Å². The molecule has 0 bridgehead atoms. The Morgan fingerprint density at radius 1 is 1.15 bits per heavy atom. The fourth-order valence-corrected chi connectivity index (χ4v) is 3.79. The lowest BCUT2D eigenvalue weighted by Crippen LogP contribution is -2.52.